The van der Waals surface area contributed by atoms with E-state index in [2.05, 4.69) is 5.32 Å². The first-order valence-corrected chi connectivity index (χ1v) is 6.30. The van der Waals surface area contributed by atoms with Gasteiger partial charge in [0.25, 0.3) is 0 Å². The summed E-state index contributed by atoms with van der Waals surface area (Å²) >= 11 is 0. The number of hydrogen-bond donors (Lipinski definition) is 4. The van der Waals surface area contributed by atoms with Crippen molar-refractivity contribution in [3.63, 3.8) is 0 Å². The number of carbonyl (C=O) groups excluding carboxylic acids is 1. The second-order valence-electron chi connectivity index (χ2n) is 4.85. The molecule has 1 aromatic carbocycles. The van der Waals surface area contributed by atoms with Crippen molar-refractivity contribution in [1.29, 1.82) is 0 Å². The summed E-state index contributed by atoms with van der Waals surface area (Å²) in [4.78, 5) is 10.7. The zero-order valence-corrected chi connectivity index (χ0v) is 11.6. The fraction of sp³-hybridized carbons (Fsp3) is 0.500. The fourth-order valence-corrected chi connectivity index (χ4v) is 1.94. The second-order valence-corrected chi connectivity index (χ2v) is 4.85. The van der Waals surface area contributed by atoms with Gasteiger partial charge >= 0.3 is 0 Å². The summed E-state index contributed by atoms with van der Waals surface area (Å²) in [5.74, 6) is -0.152. The third-order valence-corrected chi connectivity index (χ3v) is 3.15. The van der Waals surface area contributed by atoms with Crippen LogP contribution in [0.2, 0.25) is 0 Å². The molecule has 0 bridgehead atoms. The predicted octanol–water partition coefficient (Wildman–Crippen LogP) is 0.806. The van der Waals surface area contributed by atoms with Crippen molar-refractivity contribution in [2.75, 3.05) is 12.3 Å². The van der Waals surface area contributed by atoms with Gasteiger partial charge < -0.3 is 21.3 Å². The monoisotopic (exact) mass is 266 g/mol. The SMILES string of the molecule is CC(=O)NCCC(O)C(O)c1cc(C)c(N)cc1C. The zero-order chi connectivity index (χ0) is 14.6. The van der Waals surface area contributed by atoms with Gasteiger partial charge in [-0.1, -0.05) is 6.07 Å². The third kappa shape index (κ3) is 4.22. The highest BCUT2D eigenvalue weighted by atomic mass is 16.3. The first-order chi connectivity index (χ1) is 8.82. The van der Waals surface area contributed by atoms with Crippen molar-refractivity contribution in [2.45, 2.75) is 39.4 Å². The number of hydrogen-bond acceptors (Lipinski definition) is 4. The molecule has 0 radical (unpaired) electrons. The molecule has 2 atom stereocenters. The highest BCUT2D eigenvalue weighted by molar-refractivity contribution is 5.72. The Kier molecular flexibility index (Phi) is 5.32. The molecule has 0 aromatic heterocycles. The van der Waals surface area contributed by atoms with Gasteiger partial charge in [0.05, 0.1) is 6.10 Å². The number of aryl methyl sites for hydroxylation is 2. The zero-order valence-electron chi connectivity index (χ0n) is 11.6. The smallest absolute Gasteiger partial charge is 0.216 e. The number of benzene rings is 1. The lowest BCUT2D eigenvalue weighted by Crippen LogP contribution is -2.28. The molecule has 0 aliphatic carbocycles. The summed E-state index contributed by atoms with van der Waals surface area (Å²) in [6, 6.07) is 3.57. The molecule has 1 rings (SSSR count). The van der Waals surface area contributed by atoms with Gasteiger partial charge in [-0.2, -0.15) is 0 Å². The fourth-order valence-electron chi connectivity index (χ4n) is 1.94. The van der Waals surface area contributed by atoms with Crippen LogP contribution < -0.4 is 11.1 Å². The molecule has 0 fully saturated rings. The molecule has 0 saturated heterocycles. The maximum absolute atomic E-state index is 10.7. The van der Waals surface area contributed by atoms with E-state index in [1.54, 1.807) is 12.1 Å². The second kappa shape index (κ2) is 6.54. The van der Waals surface area contributed by atoms with E-state index >= 15 is 0 Å². The number of nitrogen functional groups attached to an aromatic ring is 1. The van der Waals surface area contributed by atoms with Gasteiger partial charge in [0.15, 0.2) is 0 Å². The van der Waals surface area contributed by atoms with Crippen LogP contribution in [0.4, 0.5) is 5.69 Å². The Hall–Kier alpha value is -1.59. The molecule has 5 N–H and O–H groups in total. The number of nitrogens with two attached hydrogens (primary N) is 1. The first kappa shape index (κ1) is 15.5. The van der Waals surface area contributed by atoms with Crippen molar-refractivity contribution in [3.05, 3.63) is 28.8 Å². The van der Waals surface area contributed by atoms with E-state index in [4.69, 9.17) is 5.73 Å². The van der Waals surface area contributed by atoms with E-state index < -0.39 is 12.2 Å². The van der Waals surface area contributed by atoms with E-state index in [0.717, 1.165) is 11.1 Å². The number of amides is 1. The van der Waals surface area contributed by atoms with Crippen LogP contribution in [0.3, 0.4) is 0 Å². The molecular formula is C14H22N2O3. The average Bonchev–Trinajstić information content (AvgIpc) is 2.32. The van der Waals surface area contributed by atoms with Crippen molar-refractivity contribution >= 4 is 11.6 Å². The van der Waals surface area contributed by atoms with Crippen LogP contribution in [0.5, 0.6) is 0 Å². The van der Waals surface area contributed by atoms with Gasteiger partial charge in [-0.3, -0.25) is 4.79 Å². The Labute approximate surface area is 113 Å². The summed E-state index contributed by atoms with van der Waals surface area (Å²) in [6.45, 7) is 5.44. The summed E-state index contributed by atoms with van der Waals surface area (Å²) in [7, 11) is 0. The van der Waals surface area contributed by atoms with Crippen LogP contribution in [0, 0.1) is 13.8 Å². The number of carbonyl (C=O) groups is 1. The van der Waals surface area contributed by atoms with Crippen LogP contribution in [0.15, 0.2) is 12.1 Å². The molecule has 1 aromatic rings. The van der Waals surface area contributed by atoms with E-state index in [0.29, 0.717) is 24.2 Å². The lowest BCUT2D eigenvalue weighted by Gasteiger charge is -2.21. The lowest BCUT2D eigenvalue weighted by atomic mass is 9.95. The molecule has 0 aliphatic rings. The molecule has 5 nitrogen and oxygen atoms in total. The normalized spacial score (nSPS) is 13.9. The molecule has 2 unspecified atom stereocenters. The number of aliphatic hydroxyl groups is 2. The molecule has 5 heteroatoms. The van der Waals surface area contributed by atoms with Gasteiger partial charge in [-0.25, -0.2) is 0 Å². The Balaban J connectivity index is 2.73. The van der Waals surface area contributed by atoms with Gasteiger partial charge in [0, 0.05) is 19.2 Å². The molecule has 0 heterocycles. The Morgan fingerprint density at radius 1 is 1.32 bits per heavy atom. The van der Waals surface area contributed by atoms with Crippen LogP contribution >= 0.6 is 0 Å². The number of rotatable bonds is 5. The summed E-state index contributed by atoms with van der Waals surface area (Å²) in [5, 5.41) is 22.7. The van der Waals surface area contributed by atoms with Crippen LogP contribution in [0.1, 0.15) is 36.1 Å². The molecule has 0 saturated carbocycles. The largest absolute Gasteiger partial charge is 0.399 e. The molecule has 1 amide bonds. The quantitative estimate of drug-likeness (QED) is 0.593. The first-order valence-electron chi connectivity index (χ1n) is 6.30. The Morgan fingerprint density at radius 2 is 1.95 bits per heavy atom. The Bertz CT molecular complexity index is 460. The molecular weight excluding hydrogens is 244 g/mol. The predicted molar refractivity (Wildman–Crippen MR) is 74.6 cm³/mol. The summed E-state index contributed by atoms with van der Waals surface area (Å²) < 4.78 is 0. The third-order valence-electron chi connectivity index (χ3n) is 3.15. The standard InChI is InChI=1S/C14H22N2O3/c1-8-7-12(15)9(2)6-11(8)14(19)13(18)4-5-16-10(3)17/h6-7,13-14,18-19H,4-5,15H2,1-3H3,(H,16,17). The van der Waals surface area contributed by atoms with Gasteiger partial charge in [-0.05, 0) is 43.0 Å². The van der Waals surface area contributed by atoms with Crippen molar-refractivity contribution in [3.8, 4) is 0 Å². The summed E-state index contributed by atoms with van der Waals surface area (Å²) in [5.41, 5.74) is 8.83. The van der Waals surface area contributed by atoms with Crippen molar-refractivity contribution in [1.82, 2.24) is 5.32 Å². The van der Waals surface area contributed by atoms with Crippen LogP contribution in [0.25, 0.3) is 0 Å². The number of nitrogens with one attached hydrogen (secondary N) is 1. The Morgan fingerprint density at radius 3 is 2.53 bits per heavy atom. The molecule has 106 valence electrons. The summed E-state index contributed by atoms with van der Waals surface area (Å²) in [6.07, 6.45) is -1.61. The van der Waals surface area contributed by atoms with Crippen molar-refractivity contribution < 1.29 is 15.0 Å². The molecule has 0 spiro atoms. The highest BCUT2D eigenvalue weighted by Gasteiger charge is 2.20. The van der Waals surface area contributed by atoms with Crippen molar-refractivity contribution in [2.24, 2.45) is 0 Å². The maximum Gasteiger partial charge on any atom is 0.216 e. The minimum Gasteiger partial charge on any atom is -0.399 e. The van der Waals surface area contributed by atoms with E-state index in [-0.39, 0.29) is 5.91 Å². The van der Waals surface area contributed by atoms with E-state index in [9.17, 15) is 15.0 Å². The highest BCUT2D eigenvalue weighted by Crippen LogP contribution is 2.26. The number of anilines is 1. The van der Waals surface area contributed by atoms with E-state index in [1.165, 1.54) is 6.92 Å². The topological polar surface area (TPSA) is 95.6 Å². The average molecular weight is 266 g/mol. The lowest BCUT2D eigenvalue weighted by molar-refractivity contribution is -0.119. The number of aliphatic hydroxyl groups excluding tert-OH is 2. The van der Waals surface area contributed by atoms with Gasteiger partial charge in [0.1, 0.15) is 6.10 Å². The van der Waals surface area contributed by atoms with Gasteiger partial charge in [-0.15, -0.1) is 0 Å². The van der Waals surface area contributed by atoms with Crippen LogP contribution in [-0.4, -0.2) is 28.8 Å². The van der Waals surface area contributed by atoms with Gasteiger partial charge in [0.2, 0.25) is 5.91 Å². The molecule has 0 aliphatic heterocycles. The maximum atomic E-state index is 10.7. The van der Waals surface area contributed by atoms with Crippen LogP contribution in [-0.2, 0) is 4.79 Å². The minimum atomic E-state index is -0.979. The minimum absolute atomic E-state index is 0.152. The molecule has 19 heavy (non-hydrogen) atoms. The van der Waals surface area contributed by atoms with E-state index in [1.807, 2.05) is 13.8 Å².